The van der Waals surface area contributed by atoms with E-state index < -0.39 is 0 Å². The predicted molar refractivity (Wildman–Crippen MR) is 130 cm³/mol. The highest BCUT2D eigenvalue weighted by atomic mass is 16.2. The molecule has 1 aromatic carbocycles. The van der Waals surface area contributed by atoms with Crippen molar-refractivity contribution >= 4 is 17.4 Å². The van der Waals surface area contributed by atoms with Crippen LogP contribution in [0.25, 0.3) is 5.57 Å². The number of allylic oxidation sites excluding steroid dienone is 8. The molecule has 0 atom stereocenters. The van der Waals surface area contributed by atoms with Crippen LogP contribution in [0.2, 0.25) is 0 Å². The molecule has 0 fully saturated rings. The van der Waals surface area contributed by atoms with Gasteiger partial charge < -0.3 is 0 Å². The van der Waals surface area contributed by atoms with Gasteiger partial charge in [0.1, 0.15) is 0 Å². The van der Waals surface area contributed by atoms with E-state index in [1.807, 2.05) is 89.3 Å². The van der Waals surface area contributed by atoms with E-state index in [1.54, 1.807) is 7.05 Å². The summed E-state index contributed by atoms with van der Waals surface area (Å²) in [5, 5.41) is 0. The van der Waals surface area contributed by atoms with E-state index in [4.69, 9.17) is 0 Å². The summed E-state index contributed by atoms with van der Waals surface area (Å²) in [7, 11) is 1.56. The topological polar surface area (TPSA) is 37.4 Å². The molecule has 1 aliphatic carbocycles. The van der Waals surface area contributed by atoms with Gasteiger partial charge in [0.05, 0.1) is 11.1 Å². The monoisotopic (exact) mass is 415 g/mol. The van der Waals surface area contributed by atoms with Crippen LogP contribution in [-0.2, 0) is 9.59 Å². The van der Waals surface area contributed by atoms with Gasteiger partial charge in [-0.3, -0.25) is 14.5 Å². The largest absolute Gasteiger partial charge is 0.277 e. The summed E-state index contributed by atoms with van der Waals surface area (Å²) in [6.45, 7) is 11.9. The Labute approximate surface area is 186 Å². The Balaban J connectivity index is 0.00000166. The first-order valence-electron chi connectivity index (χ1n) is 10.9. The summed E-state index contributed by atoms with van der Waals surface area (Å²) >= 11 is 0. The van der Waals surface area contributed by atoms with Gasteiger partial charge in [-0.2, -0.15) is 0 Å². The lowest BCUT2D eigenvalue weighted by atomic mass is 9.86. The van der Waals surface area contributed by atoms with Gasteiger partial charge in [0, 0.05) is 7.05 Å². The molecule has 1 aliphatic heterocycles. The van der Waals surface area contributed by atoms with E-state index in [1.165, 1.54) is 10.5 Å². The Hall–Kier alpha value is -3.20. The van der Waals surface area contributed by atoms with Crippen molar-refractivity contribution < 1.29 is 9.59 Å². The highest BCUT2D eigenvalue weighted by Gasteiger charge is 2.39. The molecule has 162 valence electrons. The van der Waals surface area contributed by atoms with E-state index in [0.29, 0.717) is 11.1 Å². The Morgan fingerprint density at radius 1 is 0.903 bits per heavy atom. The summed E-state index contributed by atoms with van der Waals surface area (Å²) in [5.41, 5.74) is 6.79. The Bertz CT molecular complexity index is 1060. The third kappa shape index (κ3) is 4.61. The van der Waals surface area contributed by atoms with Gasteiger partial charge in [0.2, 0.25) is 0 Å². The van der Waals surface area contributed by atoms with Crippen LogP contribution in [0.1, 0.15) is 52.2 Å². The second-order valence-electron chi connectivity index (χ2n) is 7.32. The lowest BCUT2D eigenvalue weighted by Gasteiger charge is -2.15. The number of imide groups is 1. The van der Waals surface area contributed by atoms with Crippen LogP contribution >= 0.6 is 0 Å². The Morgan fingerprint density at radius 2 is 1.48 bits per heavy atom. The molecule has 3 rings (SSSR count). The van der Waals surface area contributed by atoms with Crippen molar-refractivity contribution in [2.75, 3.05) is 7.05 Å². The predicted octanol–water partition coefficient (Wildman–Crippen LogP) is 6.50. The molecular formula is C28H33NO2. The molecule has 0 unspecified atom stereocenters. The number of amides is 2. The van der Waals surface area contributed by atoms with Crippen molar-refractivity contribution in [3.8, 4) is 0 Å². The number of likely N-dealkylation sites (N-methyl/N-ethyl adjacent to an activating group) is 1. The van der Waals surface area contributed by atoms with Gasteiger partial charge in [-0.1, -0.05) is 80.1 Å². The molecule has 1 heterocycles. The molecule has 0 aromatic heterocycles. The highest BCUT2D eigenvalue weighted by Crippen LogP contribution is 2.39. The van der Waals surface area contributed by atoms with Crippen LogP contribution in [0, 0.1) is 6.92 Å². The van der Waals surface area contributed by atoms with Crippen LogP contribution in [-0.4, -0.2) is 23.8 Å². The number of rotatable bonds is 4. The van der Waals surface area contributed by atoms with Crippen molar-refractivity contribution in [2.45, 2.75) is 48.0 Å². The molecule has 0 bridgehead atoms. The smallest absolute Gasteiger partial charge is 0.261 e. The Morgan fingerprint density at radius 3 is 2.06 bits per heavy atom. The Kier molecular flexibility index (Phi) is 8.32. The molecule has 0 saturated heterocycles. The first-order chi connectivity index (χ1) is 14.9. The third-order valence-electron chi connectivity index (χ3n) is 5.52. The maximum Gasteiger partial charge on any atom is 0.261 e. The minimum Gasteiger partial charge on any atom is -0.277 e. The van der Waals surface area contributed by atoms with Gasteiger partial charge in [0.25, 0.3) is 11.8 Å². The maximum atomic E-state index is 13.2. The summed E-state index contributed by atoms with van der Waals surface area (Å²) in [5.74, 6) is -0.508. The SMILES string of the molecule is C/C=C(\C1=C(C)CC=CC=C1)C1=C(/C(=C/C)c2ccccc2C)C(=O)N(C)C1=O.CC. The van der Waals surface area contributed by atoms with Crippen molar-refractivity contribution in [2.24, 2.45) is 0 Å². The lowest BCUT2D eigenvalue weighted by molar-refractivity contribution is -0.135. The molecule has 2 amide bonds. The zero-order valence-electron chi connectivity index (χ0n) is 19.7. The van der Waals surface area contributed by atoms with Gasteiger partial charge in [-0.25, -0.2) is 0 Å². The molecule has 1 aromatic rings. The highest BCUT2D eigenvalue weighted by molar-refractivity contribution is 6.28. The lowest BCUT2D eigenvalue weighted by Crippen LogP contribution is -2.27. The molecule has 0 radical (unpaired) electrons. The van der Waals surface area contributed by atoms with Gasteiger partial charge in [-0.05, 0) is 62.0 Å². The number of benzene rings is 1. The van der Waals surface area contributed by atoms with E-state index in [-0.39, 0.29) is 11.8 Å². The van der Waals surface area contributed by atoms with E-state index in [2.05, 4.69) is 13.0 Å². The van der Waals surface area contributed by atoms with Crippen molar-refractivity contribution in [1.82, 2.24) is 4.90 Å². The van der Waals surface area contributed by atoms with E-state index in [0.717, 1.165) is 34.3 Å². The molecule has 0 N–H and O–H groups in total. The van der Waals surface area contributed by atoms with Crippen molar-refractivity contribution in [1.29, 1.82) is 0 Å². The molecule has 3 nitrogen and oxygen atoms in total. The molecule has 31 heavy (non-hydrogen) atoms. The summed E-state index contributed by atoms with van der Waals surface area (Å²) in [6.07, 6.45) is 12.8. The fourth-order valence-electron chi connectivity index (χ4n) is 3.93. The normalized spacial score (nSPS) is 17.3. The number of carbonyl (C=O) groups excluding carboxylic acids is 2. The van der Waals surface area contributed by atoms with Crippen molar-refractivity contribution in [3.63, 3.8) is 0 Å². The van der Waals surface area contributed by atoms with Crippen LogP contribution in [0.5, 0.6) is 0 Å². The standard InChI is InChI=1S/C26H27NO2.C2H6/c1-6-19(21-15-10-8-9-13-17(21)3)23-24(26(29)27(5)25(23)28)20(7-2)22-16-12-11-14-18(22)4;1-2/h6-12,14-16H,13H2,1-5H3;1-2H3/b19-6+,20-7+;. The zero-order chi connectivity index (χ0) is 23.1. The fourth-order valence-corrected chi connectivity index (χ4v) is 3.93. The average molecular weight is 416 g/mol. The average Bonchev–Trinajstić information content (AvgIpc) is 2.93. The van der Waals surface area contributed by atoms with Gasteiger partial charge >= 0.3 is 0 Å². The minimum atomic E-state index is -0.255. The van der Waals surface area contributed by atoms with Crippen LogP contribution in [0.4, 0.5) is 0 Å². The summed E-state index contributed by atoms with van der Waals surface area (Å²) in [6, 6.07) is 7.96. The van der Waals surface area contributed by atoms with E-state index >= 15 is 0 Å². The third-order valence-corrected chi connectivity index (χ3v) is 5.52. The first-order valence-corrected chi connectivity index (χ1v) is 10.9. The van der Waals surface area contributed by atoms with Crippen LogP contribution < -0.4 is 0 Å². The number of carbonyl (C=O) groups is 2. The molecule has 2 aliphatic rings. The van der Waals surface area contributed by atoms with E-state index in [9.17, 15) is 9.59 Å². The number of nitrogens with zero attached hydrogens (tertiary/aromatic N) is 1. The molecule has 0 spiro atoms. The number of hydrogen-bond acceptors (Lipinski definition) is 2. The quantitative estimate of drug-likeness (QED) is 0.527. The zero-order valence-corrected chi connectivity index (χ0v) is 19.7. The van der Waals surface area contributed by atoms with Crippen molar-refractivity contribution in [3.05, 3.63) is 99.7 Å². The fraction of sp³-hybridized carbons (Fsp3) is 0.286. The molecular weight excluding hydrogens is 382 g/mol. The maximum absolute atomic E-state index is 13.2. The number of hydrogen-bond donors (Lipinski definition) is 0. The summed E-state index contributed by atoms with van der Waals surface area (Å²) in [4.78, 5) is 27.6. The van der Waals surface area contributed by atoms with Crippen LogP contribution in [0.3, 0.4) is 0 Å². The number of aryl methyl sites for hydroxylation is 1. The molecule has 3 heteroatoms. The van der Waals surface area contributed by atoms with Crippen LogP contribution in [0.15, 0.2) is 88.6 Å². The molecule has 0 saturated carbocycles. The summed E-state index contributed by atoms with van der Waals surface area (Å²) < 4.78 is 0. The first kappa shape index (κ1) is 24.1. The minimum absolute atomic E-state index is 0.253. The van der Waals surface area contributed by atoms with Gasteiger partial charge in [-0.15, -0.1) is 0 Å². The van der Waals surface area contributed by atoms with Gasteiger partial charge in [0.15, 0.2) is 0 Å². The second kappa shape index (κ2) is 10.7. The second-order valence-corrected chi connectivity index (χ2v) is 7.32.